The standard InChI is InChI=1S/C53H34O/c1-4-18-35(19-5-1)39-24-10-11-25-40(39)50-43-28-14-12-26-41(43)49(42-27-13-15-29-44(42)50)36-32-33-45-47(34-36)53(37-20-6-2-7-21-37,38-22-8-3-9-23-38)51-46-30-16-17-31-48(46)54-52(45)51/h1-34H. The second-order valence-corrected chi connectivity index (χ2v) is 14.3. The SMILES string of the molecule is c1ccc(-c2ccccc2-c2c3ccccc3c(-c3ccc4c(c3)C(c3ccccc3)(c3ccccc3)c3c-4oc4ccccc34)c3ccccc23)cc1. The van der Waals surface area contributed by atoms with Crippen molar-refractivity contribution >= 4 is 32.5 Å². The summed E-state index contributed by atoms with van der Waals surface area (Å²) in [7, 11) is 0. The van der Waals surface area contributed by atoms with Crippen LogP contribution in [0.1, 0.15) is 22.3 Å². The van der Waals surface area contributed by atoms with Crippen molar-refractivity contribution < 1.29 is 4.42 Å². The first kappa shape index (κ1) is 30.6. The van der Waals surface area contributed by atoms with E-state index in [-0.39, 0.29) is 0 Å². The highest BCUT2D eigenvalue weighted by Crippen LogP contribution is 2.60. The predicted octanol–water partition coefficient (Wildman–Crippen LogP) is 14.1. The van der Waals surface area contributed by atoms with Gasteiger partial charge in [0.25, 0.3) is 0 Å². The van der Waals surface area contributed by atoms with Gasteiger partial charge in [-0.2, -0.15) is 0 Å². The van der Waals surface area contributed by atoms with Crippen molar-refractivity contribution in [2.75, 3.05) is 0 Å². The Morgan fingerprint density at radius 2 is 0.815 bits per heavy atom. The van der Waals surface area contributed by atoms with Crippen LogP contribution in [-0.4, -0.2) is 0 Å². The number of hydrogen-bond donors (Lipinski definition) is 0. The maximum Gasteiger partial charge on any atom is 0.140 e. The van der Waals surface area contributed by atoms with Gasteiger partial charge in [0.2, 0.25) is 0 Å². The lowest BCUT2D eigenvalue weighted by Crippen LogP contribution is -2.28. The molecule has 10 aromatic rings. The van der Waals surface area contributed by atoms with Gasteiger partial charge in [-0.1, -0.05) is 194 Å². The molecule has 9 aromatic carbocycles. The maximum absolute atomic E-state index is 6.83. The Hall–Kier alpha value is -6.96. The summed E-state index contributed by atoms with van der Waals surface area (Å²) in [6, 6.07) is 75.1. The Morgan fingerprint density at radius 3 is 1.43 bits per heavy atom. The lowest BCUT2D eigenvalue weighted by atomic mass is 9.67. The Morgan fingerprint density at radius 1 is 0.333 bits per heavy atom. The average molecular weight is 687 g/mol. The van der Waals surface area contributed by atoms with Gasteiger partial charge in [-0.15, -0.1) is 0 Å². The third-order valence-corrected chi connectivity index (χ3v) is 11.6. The van der Waals surface area contributed by atoms with Crippen LogP contribution in [-0.2, 0) is 5.41 Å². The van der Waals surface area contributed by atoms with Crippen molar-refractivity contribution in [3.8, 4) is 44.7 Å². The second-order valence-electron chi connectivity index (χ2n) is 14.3. The molecular weight excluding hydrogens is 653 g/mol. The van der Waals surface area contributed by atoms with Crippen molar-refractivity contribution in [1.29, 1.82) is 0 Å². The van der Waals surface area contributed by atoms with Gasteiger partial charge in [-0.05, 0) is 83.7 Å². The zero-order valence-electron chi connectivity index (χ0n) is 29.5. The molecule has 0 atom stereocenters. The molecule has 1 aliphatic carbocycles. The van der Waals surface area contributed by atoms with E-state index in [9.17, 15) is 0 Å². The topological polar surface area (TPSA) is 13.1 Å². The van der Waals surface area contributed by atoms with Gasteiger partial charge in [0.15, 0.2) is 0 Å². The largest absolute Gasteiger partial charge is 0.456 e. The molecule has 0 N–H and O–H groups in total. The van der Waals surface area contributed by atoms with Crippen LogP contribution in [0.25, 0.3) is 77.2 Å². The molecule has 1 aromatic heterocycles. The summed E-state index contributed by atoms with van der Waals surface area (Å²) >= 11 is 0. The van der Waals surface area contributed by atoms with Crippen molar-refractivity contribution in [2.45, 2.75) is 5.41 Å². The van der Waals surface area contributed by atoms with Crippen LogP contribution in [0, 0.1) is 0 Å². The molecule has 0 saturated carbocycles. The highest BCUT2D eigenvalue weighted by molar-refractivity contribution is 6.22. The van der Waals surface area contributed by atoms with E-state index >= 15 is 0 Å². The van der Waals surface area contributed by atoms with Crippen LogP contribution in [0.3, 0.4) is 0 Å². The third kappa shape index (κ3) is 4.33. The van der Waals surface area contributed by atoms with E-state index in [1.54, 1.807) is 0 Å². The molecule has 11 rings (SSSR count). The average Bonchev–Trinajstić information content (AvgIpc) is 3.77. The summed E-state index contributed by atoms with van der Waals surface area (Å²) < 4.78 is 6.83. The van der Waals surface area contributed by atoms with Crippen molar-refractivity contribution in [1.82, 2.24) is 0 Å². The molecule has 54 heavy (non-hydrogen) atoms. The highest BCUT2D eigenvalue weighted by Gasteiger charge is 2.49. The molecule has 0 unspecified atom stereocenters. The number of para-hydroxylation sites is 1. The number of rotatable bonds is 5. The van der Waals surface area contributed by atoms with Crippen LogP contribution < -0.4 is 0 Å². The molecular formula is C53H34O. The fourth-order valence-electron chi connectivity index (χ4n) is 9.39. The summed E-state index contributed by atoms with van der Waals surface area (Å²) in [4.78, 5) is 0. The van der Waals surface area contributed by atoms with Crippen LogP contribution in [0.15, 0.2) is 211 Å². The quantitative estimate of drug-likeness (QED) is 0.164. The van der Waals surface area contributed by atoms with E-state index in [1.165, 1.54) is 77.2 Å². The van der Waals surface area contributed by atoms with Crippen LogP contribution in [0.4, 0.5) is 0 Å². The molecule has 0 fully saturated rings. The first-order valence-electron chi connectivity index (χ1n) is 18.7. The molecule has 0 amide bonds. The van der Waals surface area contributed by atoms with E-state index in [0.29, 0.717) is 0 Å². The molecule has 1 nitrogen and oxygen atoms in total. The molecule has 1 heteroatoms. The maximum atomic E-state index is 6.83. The van der Waals surface area contributed by atoms with E-state index < -0.39 is 5.41 Å². The number of furan rings is 1. The van der Waals surface area contributed by atoms with Crippen molar-refractivity contribution in [3.63, 3.8) is 0 Å². The minimum atomic E-state index is -0.587. The smallest absolute Gasteiger partial charge is 0.140 e. The van der Waals surface area contributed by atoms with Gasteiger partial charge in [0.05, 0.1) is 5.41 Å². The van der Waals surface area contributed by atoms with Crippen molar-refractivity contribution in [3.05, 3.63) is 229 Å². The Kier molecular flexibility index (Phi) is 6.84. The normalized spacial score (nSPS) is 13.0. The van der Waals surface area contributed by atoms with Crippen LogP contribution in [0.5, 0.6) is 0 Å². The first-order chi connectivity index (χ1) is 26.8. The molecule has 1 aliphatic rings. The Bertz CT molecular complexity index is 2930. The third-order valence-electron chi connectivity index (χ3n) is 11.6. The van der Waals surface area contributed by atoms with Crippen LogP contribution in [0.2, 0.25) is 0 Å². The number of hydrogen-bond acceptors (Lipinski definition) is 1. The first-order valence-corrected chi connectivity index (χ1v) is 18.7. The zero-order valence-corrected chi connectivity index (χ0v) is 29.5. The Labute approximate surface area is 314 Å². The summed E-state index contributed by atoms with van der Waals surface area (Å²) in [5.74, 6) is 0.952. The minimum Gasteiger partial charge on any atom is -0.456 e. The van der Waals surface area contributed by atoms with Crippen LogP contribution >= 0.6 is 0 Å². The summed E-state index contributed by atoms with van der Waals surface area (Å²) in [5.41, 5.74) is 13.7. The van der Waals surface area contributed by atoms with Gasteiger partial charge in [-0.25, -0.2) is 0 Å². The van der Waals surface area contributed by atoms with Gasteiger partial charge in [0.1, 0.15) is 11.3 Å². The fraction of sp³-hybridized carbons (Fsp3) is 0.0189. The lowest BCUT2D eigenvalue weighted by molar-refractivity contribution is 0.628. The van der Waals surface area contributed by atoms with Crippen molar-refractivity contribution in [2.24, 2.45) is 0 Å². The summed E-state index contributed by atoms with van der Waals surface area (Å²) in [5, 5.41) is 6.10. The van der Waals surface area contributed by atoms with E-state index in [4.69, 9.17) is 4.42 Å². The van der Waals surface area contributed by atoms with Gasteiger partial charge in [0, 0.05) is 16.5 Å². The molecule has 0 saturated heterocycles. The fourth-order valence-corrected chi connectivity index (χ4v) is 9.39. The number of benzene rings is 9. The van der Waals surface area contributed by atoms with Gasteiger partial charge >= 0.3 is 0 Å². The molecule has 0 spiro atoms. The molecule has 0 aliphatic heterocycles. The zero-order chi connectivity index (χ0) is 35.6. The second kappa shape index (κ2) is 12.0. The molecule has 1 heterocycles. The van der Waals surface area contributed by atoms with E-state index in [2.05, 4.69) is 206 Å². The van der Waals surface area contributed by atoms with E-state index in [1.807, 2.05) is 0 Å². The Balaban J connectivity index is 1.24. The van der Waals surface area contributed by atoms with Gasteiger partial charge < -0.3 is 4.42 Å². The molecule has 0 bridgehead atoms. The van der Waals surface area contributed by atoms with Gasteiger partial charge in [-0.3, -0.25) is 0 Å². The highest BCUT2D eigenvalue weighted by atomic mass is 16.3. The molecule has 0 radical (unpaired) electrons. The summed E-state index contributed by atoms with van der Waals surface area (Å²) in [6.45, 7) is 0. The number of fused-ring (bicyclic) bond motifs is 7. The minimum absolute atomic E-state index is 0.587. The monoisotopic (exact) mass is 686 g/mol. The lowest BCUT2D eigenvalue weighted by Gasteiger charge is -2.33. The molecule has 252 valence electrons. The summed E-state index contributed by atoms with van der Waals surface area (Å²) in [6.07, 6.45) is 0. The van der Waals surface area contributed by atoms with E-state index in [0.717, 1.165) is 22.3 Å². The predicted molar refractivity (Wildman–Crippen MR) is 225 cm³/mol.